The van der Waals surface area contributed by atoms with E-state index in [2.05, 4.69) is 162 Å². The lowest BCUT2D eigenvalue weighted by molar-refractivity contribution is 0.575. The van der Waals surface area contributed by atoms with Crippen LogP contribution < -0.4 is 10.2 Å². The fourth-order valence-electron chi connectivity index (χ4n) is 10.0. The molecule has 1 saturated heterocycles. The molecule has 7 aliphatic rings. The van der Waals surface area contributed by atoms with Crippen LogP contribution in [0, 0.1) is 11.8 Å². The molecule has 2 heteroatoms. The van der Waals surface area contributed by atoms with Gasteiger partial charge in [-0.25, -0.2) is 0 Å². The fraction of sp³-hybridized carbons (Fsp3) is 0.184. The summed E-state index contributed by atoms with van der Waals surface area (Å²) in [5.41, 5.74) is 20.7. The highest BCUT2D eigenvalue weighted by atomic mass is 15.4. The number of nitrogens with one attached hydrogen (secondary N) is 1. The lowest BCUT2D eigenvalue weighted by Crippen LogP contribution is -2.27. The largest absolute Gasteiger partial charge is 0.360 e. The second-order valence-electron chi connectivity index (χ2n) is 15.0. The van der Waals surface area contributed by atoms with Crippen molar-refractivity contribution in [3.05, 3.63) is 202 Å². The van der Waals surface area contributed by atoms with Crippen LogP contribution in [0.15, 0.2) is 185 Å². The van der Waals surface area contributed by atoms with Gasteiger partial charge < -0.3 is 10.2 Å². The van der Waals surface area contributed by atoms with Gasteiger partial charge in [0.2, 0.25) is 0 Å². The first kappa shape index (κ1) is 29.2. The SMILES string of the molecule is C1=CC2C3=CCC(c4cccc(-c5cccc(C6NC7=CCCC8=C7N6c6ccccc6-c6ccccc68)c5)c4)C=C3C3=C(C=CCC3)C2C=C1. The van der Waals surface area contributed by atoms with Crippen molar-refractivity contribution in [2.75, 3.05) is 4.90 Å². The van der Waals surface area contributed by atoms with E-state index in [0.29, 0.717) is 17.8 Å². The van der Waals surface area contributed by atoms with Crippen molar-refractivity contribution in [1.29, 1.82) is 0 Å². The van der Waals surface area contributed by atoms with Gasteiger partial charge >= 0.3 is 0 Å². The molecule has 5 aliphatic carbocycles. The predicted molar refractivity (Wildman–Crippen MR) is 211 cm³/mol. The molecule has 0 aromatic heterocycles. The summed E-state index contributed by atoms with van der Waals surface area (Å²) in [4.78, 5) is 2.58. The number of allylic oxidation sites excluding steroid dienone is 14. The van der Waals surface area contributed by atoms with Gasteiger partial charge in [-0.3, -0.25) is 0 Å². The molecule has 2 heterocycles. The summed E-state index contributed by atoms with van der Waals surface area (Å²) >= 11 is 0. The molecule has 0 radical (unpaired) electrons. The van der Waals surface area contributed by atoms with Crippen LogP contribution in [0.5, 0.6) is 0 Å². The molecular weight excluding hydrogens is 617 g/mol. The van der Waals surface area contributed by atoms with Crippen molar-refractivity contribution in [1.82, 2.24) is 5.32 Å². The first-order valence-corrected chi connectivity index (χ1v) is 18.9. The van der Waals surface area contributed by atoms with Crippen LogP contribution in [0.1, 0.15) is 60.9 Å². The van der Waals surface area contributed by atoms with E-state index in [1.54, 1.807) is 11.1 Å². The molecular formula is C49H40N2. The van der Waals surface area contributed by atoms with Gasteiger partial charge in [0.05, 0.1) is 17.1 Å². The third-order valence-electron chi connectivity index (χ3n) is 12.3. The first-order chi connectivity index (χ1) is 25.3. The maximum atomic E-state index is 3.99. The van der Waals surface area contributed by atoms with E-state index in [-0.39, 0.29) is 6.17 Å². The zero-order chi connectivity index (χ0) is 33.5. The zero-order valence-corrected chi connectivity index (χ0v) is 28.7. The van der Waals surface area contributed by atoms with Crippen molar-refractivity contribution < 1.29 is 0 Å². The van der Waals surface area contributed by atoms with E-state index >= 15 is 0 Å². The van der Waals surface area contributed by atoms with Gasteiger partial charge in [-0.05, 0) is 105 Å². The van der Waals surface area contributed by atoms with Gasteiger partial charge in [-0.15, -0.1) is 0 Å². The van der Waals surface area contributed by atoms with Crippen LogP contribution in [0.25, 0.3) is 27.8 Å². The van der Waals surface area contributed by atoms with Gasteiger partial charge in [-0.1, -0.05) is 140 Å². The summed E-state index contributed by atoms with van der Waals surface area (Å²) in [7, 11) is 0. The van der Waals surface area contributed by atoms with Crippen LogP contribution in [-0.4, -0.2) is 0 Å². The Balaban J connectivity index is 0.965. The van der Waals surface area contributed by atoms with E-state index in [4.69, 9.17) is 0 Å². The van der Waals surface area contributed by atoms with Crippen molar-refractivity contribution in [3.8, 4) is 22.3 Å². The fourth-order valence-corrected chi connectivity index (χ4v) is 10.0. The molecule has 0 amide bonds. The Hall–Kier alpha value is -5.60. The number of benzene rings is 4. The number of fused-ring (bicyclic) bond motifs is 10. The Labute approximate surface area is 300 Å². The summed E-state index contributed by atoms with van der Waals surface area (Å²) in [6, 6.07) is 36.6. The zero-order valence-electron chi connectivity index (χ0n) is 28.7. The summed E-state index contributed by atoms with van der Waals surface area (Å²) in [5, 5.41) is 3.99. The highest BCUT2D eigenvalue weighted by molar-refractivity contribution is 5.96. The van der Waals surface area contributed by atoms with E-state index in [0.717, 1.165) is 32.1 Å². The van der Waals surface area contributed by atoms with Crippen molar-refractivity contribution in [2.24, 2.45) is 11.8 Å². The molecule has 1 N–H and O–H groups in total. The highest BCUT2D eigenvalue weighted by Gasteiger charge is 2.41. The Kier molecular flexibility index (Phi) is 6.56. The molecule has 51 heavy (non-hydrogen) atoms. The van der Waals surface area contributed by atoms with Gasteiger partial charge in [0.25, 0.3) is 0 Å². The molecule has 0 saturated carbocycles. The number of anilines is 1. The molecule has 0 bridgehead atoms. The van der Waals surface area contributed by atoms with Crippen LogP contribution in [0.2, 0.25) is 0 Å². The molecule has 11 rings (SSSR count). The van der Waals surface area contributed by atoms with E-state index in [1.165, 1.54) is 72.7 Å². The molecule has 4 unspecified atom stereocenters. The molecule has 4 aromatic carbocycles. The molecule has 4 aromatic rings. The second kappa shape index (κ2) is 11.5. The Morgan fingerprint density at radius 1 is 0.647 bits per heavy atom. The minimum absolute atomic E-state index is 0.00963. The maximum absolute atomic E-state index is 3.99. The molecule has 2 nitrogen and oxygen atoms in total. The number of rotatable bonds is 3. The molecule has 4 atom stereocenters. The average Bonchev–Trinajstić information content (AvgIpc) is 3.55. The van der Waals surface area contributed by atoms with Crippen LogP contribution in [0.4, 0.5) is 5.69 Å². The quantitative estimate of drug-likeness (QED) is 0.236. The maximum Gasteiger partial charge on any atom is 0.130 e. The van der Waals surface area contributed by atoms with E-state index in [1.807, 2.05) is 0 Å². The van der Waals surface area contributed by atoms with Gasteiger partial charge in [0.1, 0.15) is 6.17 Å². The van der Waals surface area contributed by atoms with Crippen molar-refractivity contribution in [3.63, 3.8) is 0 Å². The summed E-state index contributed by atoms with van der Waals surface area (Å²) in [5.74, 6) is 1.31. The van der Waals surface area contributed by atoms with E-state index in [9.17, 15) is 0 Å². The van der Waals surface area contributed by atoms with Crippen LogP contribution in [-0.2, 0) is 0 Å². The Bertz CT molecular complexity index is 2400. The number of nitrogens with zero attached hydrogens (tertiary/aromatic N) is 1. The minimum atomic E-state index is 0.00963. The smallest absolute Gasteiger partial charge is 0.130 e. The lowest BCUT2D eigenvalue weighted by Gasteiger charge is -2.40. The third kappa shape index (κ3) is 4.49. The van der Waals surface area contributed by atoms with Crippen LogP contribution >= 0.6 is 0 Å². The second-order valence-corrected chi connectivity index (χ2v) is 15.0. The number of hydrogen-bond donors (Lipinski definition) is 1. The highest BCUT2D eigenvalue weighted by Crippen LogP contribution is 2.53. The van der Waals surface area contributed by atoms with Gasteiger partial charge in [-0.2, -0.15) is 0 Å². The number of para-hydroxylation sites is 1. The normalized spacial score (nSPS) is 24.9. The molecule has 0 spiro atoms. The van der Waals surface area contributed by atoms with Crippen LogP contribution in [0.3, 0.4) is 0 Å². The lowest BCUT2D eigenvalue weighted by atomic mass is 9.64. The predicted octanol–water partition coefficient (Wildman–Crippen LogP) is 11.9. The Morgan fingerprint density at radius 2 is 1.39 bits per heavy atom. The first-order valence-electron chi connectivity index (χ1n) is 18.9. The van der Waals surface area contributed by atoms with Crippen molar-refractivity contribution >= 4 is 11.3 Å². The summed E-state index contributed by atoms with van der Waals surface area (Å²) in [6.45, 7) is 0. The topological polar surface area (TPSA) is 15.3 Å². The van der Waals surface area contributed by atoms with Gasteiger partial charge in [0, 0.05) is 23.3 Å². The van der Waals surface area contributed by atoms with E-state index < -0.39 is 0 Å². The Morgan fingerprint density at radius 3 is 2.27 bits per heavy atom. The number of hydrogen-bond acceptors (Lipinski definition) is 2. The third-order valence-corrected chi connectivity index (χ3v) is 12.3. The summed E-state index contributed by atoms with van der Waals surface area (Å²) in [6.07, 6.45) is 27.2. The molecule has 246 valence electrons. The summed E-state index contributed by atoms with van der Waals surface area (Å²) < 4.78 is 0. The molecule has 2 aliphatic heterocycles. The van der Waals surface area contributed by atoms with Crippen molar-refractivity contribution in [2.45, 2.75) is 44.2 Å². The molecule has 1 fully saturated rings. The minimum Gasteiger partial charge on any atom is -0.360 e. The standard InChI is InChI=1S/C49H40N2/c1-2-18-38-36(16-1)37-17-3-6-21-41(37)45-30-34(26-27-42(38)45)32-13-9-12-31(28-32)33-14-10-15-35(29-33)49-50-46-24-11-23-44-40-20-5-4-19-39(40)43-22-7-8-25-47(43)51(49)48(44)46/h1-5,7-10,12-20,22,24-25,27-30,34,36,38,49-50H,6,11,21,23,26H2. The monoisotopic (exact) mass is 656 g/mol. The average molecular weight is 657 g/mol. The van der Waals surface area contributed by atoms with Gasteiger partial charge in [0.15, 0.2) is 0 Å².